The third-order valence-corrected chi connectivity index (χ3v) is 5.62. The summed E-state index contributed by atoms with van der Waals surface area (Å²) < 4.78 is 19.5. The lowest BCUT2D eigenvalue weighted by atomic mass is 9.79. The van der Waals surface area contributed by atoms with E-state index in [9.17, 15) is 18.8 Å². The molecule has 0 saturated heterocycles. The SMILES string of the molecule is CN(C)CCOc1ccc(N2N=C3c4cc(F)ccc4CCC3CC2=O)cc1.O=C(O)/C=C/C(=O)O. The number of amides is 1. The fourth-order valence-corrected chi connectivity index (χ4v) is 3.86. The van der Waals surface area contributed by atoms with Crippen molar-refractivity contribution < 1.29 is 33.7 Å². The Morgan fingerprint density at radius 1 is 1.14 bits per heavy atom. The molecule has 2 aromatic rings. The molecule has 2 N–H and O–H groups in total. The van der Waals surface area contributed by atoms with Gasteiger partial charge >= 0.3 is 11.9 Å². The summed E-state index contributed by atoms with van der Waals surface area (Å²) in [6.07, 6.45) is 3.24. The number of fused-ring (bicyclic) bond motifs is 3. The number of halogens is 1. The molecule has 1 atom stereocenters. The number of nitrogens with zero attached hydrogens (tertiary/aromatic N) is 3. The first-order valence-corrected chi connectivity index (χ1v) is 11.4. The number of aliphatic carboxylic acids is 2. The van der Waals surface area contributed by atoms with Crippen LogP contribution >= 0.6 is 0 Å². The Kier molecular flexibility index (Phi) is 8.91. The molecular formula is C26H28FN3O6. The van der Waals surface area contributed by atoms with Crippen molar-refractivity contribution in [3.8, 4) is 5.75 Å². The molecule has 36 heavy (non-hydrogen) atoms. The summed E-state index contributed by atoms with van der Waals surface area (Å²) in [5.41, 5.74) is 3.43. The highest BCUT2D eigenvalue weighted by Crippen LogP contribution is 2.34. The smallest absolute Gasteiger partial charge is 0.328 e. The first kappa shape index (κ1) is 26.6. The highest BCUT2D eigenvalue weighted by Gasteiger charge is 2.34. The standard InChI is InChI=1S/C22H24FN3O2.C4H4O4/c1-25(2)11-12-28-19-9-7-18(8-10-19)26-21(27)13-16-4-3-15-5-6-17(23)14-20(15)22(16)24-26;5-3(6)1-2-4(7)8/h5-10,14,16H,3-4,11-13H2,1-2H3;1-2H,(H,5,6)(H,7,8)/b;2-1+. The van der Waals surface area contributed by atoms with E-state index in [4.69, 9.17) is 14.9 Å². The first-order valence-electron chi connectivity index (χ1n) is 11.4. The molecule has 0 spiro atoms. The van der Waals surface area contributed by atoms with E-state index in [1.165, 1.54) is 17.1 Å². The number of hydrogen-bond donors (Lipinski definition) is 2. The summed E-state index contributed by atoms with van der Waals surface area (Å²) in [6, 6.07) is 12.2. The third kappa shape index (κ3) is 7.22. The zero-order valence-electron chi connectivity index (χ0n) is 20.1. The maximum atomic E-state index is 13.8. The van der Waals surface area contributed by atoms with Crippen LogP contribution < -0.4 is 9.75 Å². The van der Waals surface area contributed by atoms with Crippen LogP contribution in [0.1, 0.15) is 24.0 Å². The lowest BCUT2D eigenvalue weighted by molar-refractivity contribution is -0.134. The van der Waals surface area contributed by atoms with Crippen LogP contribution in [0.25, 0.3) is 0 Å². The van der Waals surface area contributed by atoms with Crippen molar-refractivity contribution in [2.45, 2.75) is 19.3 Å². The van der Waals surface area contributed by atoms with E-state index < -0.39 is 11.9 Å². The zero-order valence-corrected chi connectivity index (χ0v) is 20.1. The fraction of sp³-hybridized carbons (Fsp3) is 0.308. The Balaban J connectivity index is 0.000000392. The highest BCUT2D eigenvalue weighted by atomic mass is 19.1. The summed E-state index contributed by atoms with van der Waals surface area (Å²) in [5.74, 6) is -2.00. The Morgan fingerprint density at radius 2 is 1.81 bits per heavy atom. The fourth-order valence-electron chi connectivity index (χ4n) is 3.86. The molecule has 190 valence electrons. The van der Waals surface area contributed by atoms with E-state index in [0.717, 1.165) is 42.0 Å². The van der Waals surface area contributed by atoms with Crippen molar-refractivity contribution >= 4 is 29.2 Å². The number of benzene rings is 2. The van der Waals surface area contributed by atoms with E-state index in [0.29, 0.717) is 30.9 Å². The molecule has 0 aromatic heterocycles. The number of carbonyl (C=O) groups is 3. The van der Waals surface area contributed by atoms with Crippen LogP contribution in [0, 0.1) is 11.7 Å². The molecule has 2 aliphatic rings. The van der Waals surface area contributed by atoms with Gasteiger partial charge in [-0.05, 0) is 68.9 Å². The van der Waals surface area contributed by atoms with Gasteiger partial charge in [0, 0.05) is 36.6 Å². The van der Waals surface area contributed by atoms with Gasteiger partial charge in [0.2, 0.25) is 5.91 Å². The number of carboxylic acid groups (broad SMARTS) is 2. The molecule has 1 unspecified atom stereocenters. The molecule has 10 heteroatoms. The molecule has 0 fully saturated rings. The molecule has 2 aromatic carbocycles. The molecule has 4 rings (SSSR count). The molecule has 1 amide bonds. The third-order valence-electron chi connectivity index (χ3n) is 5.62. The van der Waals surface area contributed by atoms with Crippen LogP contribution in [-0.2, 0) is 20.8 Å². The van der Waals surface area contributed by atoms with Crippen LogP contribution in [0.2, 0.25) is 0 Å². The lowest BCUT2D eigenvalue weighted by Crippen LogP contribution is -2.39. The van der Waals surface area contributed by atoms with Crippen LogP contribution in [-0.4, -0.2) is 65.9 Å². The van der Waals surface area contributed by atoms with E-state index >= 15 is 0 Å². The van der Waals surface area contributed by atoms with Gasteiger partial charge in [-0.25, -0.2) is 19.0 Å². The summed E-state index contributed by atoms with van der Waals surface area (Å²) >= 11 is 0. The second kappa shape index (κ2) is 12.1. The van der Waals surface area contributed by atoms with Crippen LogP contribution in [0.15, 0.2) is 59.7 Å². The Bertz CT molecular complexity index is 1160. The minimum absolute atomic E-state index is 0.0325. The van der Waals surface area contributed by atoms with Crippen LogP contribution in [0.3, 0.4) is 0 Å². The topological polar surface area (TPSA) is 120 Å². The van der Waals surface area contributed by atoms with Crippen molar-refractivity contribution in [2.75, 3.05) is 32.3 Å². The second-order valence-electron chi connectivity index (χ2n) is 8.59. The Morgan fingerprint density at radius 3 is 2.42 bits per heavy atom. The van der Waals surface area contributed by atoms with Crippen molar-refractivity contribution in [2.24, 2.45) is 11.0 Å². The number of rotatable bonds is 7. The number of carbonyl (C=O) groups excluding carboxylic acids is 1. The van der Waals surface area contributed by atoms with Gasteiger partial charge in [-0.2, -0.15) is 5.10 Å². The number of hydrogen-bond acceptors (Lipinski definition) is 6. The lowest BCUT2D eigenvalue weighted by Gasteiger charge is -2.33. The number of carboxylic acids is 2. The van der Waals surface area contributed by atoms with Gasteiger partial charge in [0.15, 0.2) is 0 Å². The zero-order chi connectivity index (χ0) is 26.2. The number of aryl methyl sites for hydroxylation is 1. The number of hydrazone groups is 1. The summed E-state index contributed by atoms with van der Waals surface area (Å²) in [4.78, 5) is 33.8. The molecule has 1 heterocycles. The molecule has 1 aliphatic carbocycles. The minimum atomic E-state index is -1.26. The quantitative estimate of drug-likeness (QED) is 0.564. The van der Waals surface area contributed by atoms with Gasteiger partial charge in [0.1, 0.15) is 18.2 Å². The predicted octanol–water partition coefficient (Wildman–Crippen LogP) is 3.18. The van der Waals surface area contributed by atoms with Gasteiger partial charge in [0.05, 0.1) is 11.4 Å². The molecule has 0 bridgehead atoms. The maximum absolute atomic E-state index is 13.8. The van der Waals surface area contributed by atoms with E-state index in [2.05, 4.69) is 10.0 Å². The number of ether oxygens (including phenoxy) is 1. The van der Waals surface area contributed by atoms with Gasteiger partial charge in [0.25, 0.3) is 0 Å². The Hall–Kier alpha value is -4.05. The van der Waals surface area contributed by atoms with Crippen molar-refractivity contribution in [1.82, 2.24) is 4.90 Å². The molecule has 0 saturated carbocycles. The number of anilines is 1. The van der Waals surface area contributed by atoms with Crippen molar-refractivity contribution in [3.63, 3.8) is 0 Å². The summed E-state index contributed by atoms with van der Waals surface area (Å²) in [6.45, 7) is 1.43. The minimum Gasteiger partial charge on any atom is -0.492 e. The van der Waals surface area contributed by atoms with Gasteiger partial charge in [-0.15, -0.1) is 0 Å². The van der Waals surface area contributed by atoms with E-state index in [1.807, 2.05) is 44.4 Å². The second-order valence-corrected chi connectivity index (χ2v) is 8.59. The van der Waals surface area contributed by atoms with Crippen molar-refractivity contribution in [3.05, 3.63) is 71.6 Å². The highest BCUT2D eigenvalue weighted by molar-refractivity contribution is 6.11. The largest absolute Gasteiger partial charge is 0.492 e. The molecular weight excluding hydrogens is 469 g/mol. The monoisotopic (exact) mass is 497 g/mol. The van der Waals surface area contributed by atoms with E-state index in [-0.39, 0.29) is 17.6 Å². The Labute approximate surface area is 208 Å². The van der Waals surface area contributed by atoms with Crippen LogP contribution in [0.4, 0.5) is 10.1 Å². The average Bonchev–Trinajstić information content (AvgIpc) is 2.83. The number of likely N-dealkylation sites (N-methyl/N-ethyl adjacent to an activating group) is 1. The van der Waals surface area contributed by atoms with Gasteiger partial charge in [-0.1, -0.05) is 6.07 Å². The van der Waals surface area contributed by atoms with Gasteiger partial charge < -0.3 is 19.8 Å². The van der Waals surface area contributed by atoms with Gasteiger partial charge in [-0.3, -0.25) is 4.79 Å². The molecule has 9 nitrogen and oxygen atoms in total. The van der Waals surface area contributed by atoms with E-state index in [1.54, 1.807) is 0 Å². The normalized spacial score (nSPS) is 16.6. The molecule has 0 radical (unpaired) electrons. The summed E-state index contributed by atoms with van der Waals surface area (Å²) in [5, 5.41) is 21.7. The maximum Gasteiger partial charge on any atom is 0.328 e. The van der Waals surface area contributed by atoms with Crippen LogP contribution in [0.5, 0.6) is 5.75 Å². The predicted molar refractivity (Wildman–Crippen MR) is 132 cm³/mol. The van der Waals surface area contributed by atoms with Crippen molar-refractivity contribution in [1.29, 1.82) is 0 Å². The summed E-state index contributed by atoms with van der Waals surface area (Å²) in [7, 11) is 3.99. The first-order chi connectivity index (χ1) is 17.1. The average molecular weight is 498 g/mol. The molecule has 1 aliphatic heterocycles.